The number of quaternary nitrogens is 1. The molecule has 0 amide bonds. The zero-order valence-corrected chi connectivity index (χ0v) is 13.6. The largest absolute Gasteiger partial charge is 0.491 e. The summed E-state index contributed by atoms with van der Waals surface area (Å²) in [5.41, 5.74) is 1.31. The summed E-state index contributed by atoms with van der Waals surface area (Å²) in [7, 11) is 0. The first kappa shape index (κ1) is 16.3. The van der Waals surface area contributed by atoms with Gasteiger partial charge in [0.25, 0.3) is 0 Å². The Bertz CT molecular complexity index is 408. The molecule has 2 rings (SSSR count). The second kappa shape index (κ2) is 7.81. The highest BCUT2D eigenvalue weighted by Gasteiger charge is 2.21. The highest BCUT2D eigenvalue weighted by molar-refractivity contribution is 5.28. The molecule has 1 aromatic rings. The molecule has 21 heavy (non-hydrogen) atoms. The van der Waals surface area contributed by atoms with E-state index in [0.29, 0.717) is 12.5 Å². The van der Waals surface area contributed by atoms with Gasteiger partial charge in [0.1, 0.15) is 25.0 Å². The van der Waals surface area contributed by atoms with Gasteiger partial charge in [0.2, 0.25) is 0 Å². The van der Waals surface area contributed by atoms with Gasteiger partial charge in [-0.2, -0.15) is 0 Å². The molecular formula is C18H30NO2+. The first-order valence-corrected chi connectivity index (χ1v) is 8.29. The van der Waals surface area contributed by atoms with Gasteiger partial charge in [0.15, 0.2) is 0 Å². The van der Waals surface area contributed by atoms with Crippen LogP contribution in [0, 0.1) is 5.92 Å². The lowest BCUT2D eigenvalue weighted by molar-refractivity contribution is -0.909. The predicted molar refractivity (Wildman–Crippen MR) is 86.0 cm³/mol. The number of hydrogen-bond acceptors (Lipinski definition) is 2. The second-order valence-corrected chi connectivity index (χ2v) is 6.83. The predicted octanol–water partition coefficient (Wildman–Crippen LogP) is 1.86. The highest BCUT2D eigenvalue weighted by Crippen LogP contribution is 2.18. The molecule has 3 heteroatoms. The maximum absolute atomic E-state index is 10.1. The van der Waals surface area contributed by atoms with E-state index in [9.17, 15) is 5.11 Å². The number of hydrogen-bond donors (Lipinski definition) is 2. The summed E-state index contributed by atoms with van der Waals surface area (Å²) in [6, 6.07) is 8.20. The maximum atomic E-state index is 10.1. The summed E-state index contributed by atoms with van der Waals surface area (Å²) >= 11 is 0. The number of benzene rings is 1. The van der Waals surface area contributed by atoms with Gasteiger partial charge >= 0.3 is 0 Å². The van der Waals surface area contributed by atoms with Crippen LogP contribution >= 0.6 is 0 Å². The minimum atomic E-state index is -0.377. The Kier molecular flexibility index (Phi) is 6.07. The Morgan fingerprint density at radius 1 is 1.19 bits per heavy atom. The van der Waals surface area contributed by atoms with Gasteiger partial charge in [-0.05, 0) is 42.4 Å². The van der Waals surface area contributed by atoms with Gasteiger partial charge in [0.05, 0.1) is 13.1 Å². The molecule has 0 spiro atoms. The topological polar surface area (TPSA) is 33.9 Å². The molecule has 0 bridgehead atoms. The summed E-state index contributed by atoms with van der Waals surface area (Å²) in [6.45, 7) is 10.2. The van der Waals surface area contributed by atoms with Crippen molar-refractivity contribution in [3.05, 3.63) is 29.8 Å². The Labute approximate surface area is 128 Å². The summed E-state index contributed by atoms with van der Waals surface area (Å²) in [4.78, 5) is 1.51. The van der Waals surface area contributed by atoms with Crippen LogP contribution in [-0.4, -0.2) is 37.5 Å². The normalized spacial score (nSPS) is 24.0. The van der Waals surface area contributed by atoms with E-state index in [1.54, 1.807) is 0 Å². The Morgan fingerprint density at radius 3 is 2.38 bits per heavy atom. The molecule has 118 valence electrons. The fourth-order valence-electron chi connectivity index (χ4n) is 2.91. The van der Waals surface area contributed by atoms with Crippen LogP contribution in [0.5, 0.6) is 5.75 Å². The number of aliphatic hydroxyl groups excluding tert-OH is 1. The Balaban J connectivity index is 1.72. The summed E-state index contributed by atoms with van der Waals surface area (Å²) in [6.07, 6.45) is 2.18. The highest BCUT2D eigenvalue weighted by atomic mass is 16.5. The Morgan fingerprint density at radius 2 is 1.81 bits per heavy atom. The number of aliphatic hydroxyl groups is 1. The lowest BCUT2D eigenvalue weighted by Gasteiger charge is -2.28. The standard InChI is InChI=1S/C18H29NO2/c1-14(2)16-4-6-18(7-5-16)21-13-17(20)12-19-10-8-15(3)9-11-19/h4-7,14-15,17,20H,8-13H2,1-3H3/p+1/t17-/m1/s1. The van der Waals surface area contributed by atoms with Crippen molar-refractivity contribution in [2.75, 3.05) is 26.2 Å². The van der Waals surface area contributed by atoms with E-state index in [-0.39, 0.29) is 6.10 Å². The molecule has 2 N–H and O–H groups in total. The van der Waals surface area contributed by atoms with Gasteiger partial charge in [-0.1, -0.05) is 32.9 Å². The smallest absolute Gasteiger partial charge is 0.137 e. The number of piperidine rings is 1. The van der Waals surface area contributed by atoms with Gasteiger partial charge < -0.3 is 14.7 Å². The van der Waals surface area contributed by atoms with Crippen LogP contribution in [0.1, 0.15) is 45.1 Å². The van der Waals surface area contributed by atoms with Crippen molar-refractivity contribution in [2.24, 2.45) is 5.92 Å². The summed E-state index contributed by atoms with van der Waals surface area (Å²) < 4.78 is 5.70. The zero-order chi connectivity index (χ0) is 15.2. The third-order valence-corrected chi connectivity index (χ3v) is 4.49. The number of likely N-dealkylation sites (tertiary alicyclic amines) is 1. The maximum Gasteiger partial charge on any atom is 0.137 e. The van der Waals surface area contributed by atoms with Gasteiger partial charge in [-0.15, -0.1) is 0 Å². The average Bonchev–Trinajstić information content (AvgIpc) is 2.48. The Hall–Kier alpha value is -1.06. The van der Waals surface area contributed by atoms with Crippen molar-refractivity contribution in [2.45, 2.75) is 45.6 Å². The third kappa shape index (κ3) is 5.33. The van der Waals surface area contributed by atoms with E-state index < -0.39 is 0 Å². The molecule has 0 unspecified atom stereocenters. The van der Waals surface area contributed by atoms with Crippen molar-refractivity contribution in [1.82, 2.24) is 0 Å². The molecule has 0 radical (unpaired) electrons. The van der Waals surface area contributed by atoms with Crippen molar-refractivity contribution < 1.29 is 14.7 Å². The SMILES string of the molecule is CC1CC[NH+](C[C@@H](O)COc2ccc(C(C)C)cc2)CC1. The van der Waals surface area contributed by atoms with E-state index in [0.717, 1.165) is 18.2 Å². The third-order valence-electron chi connectivity index (χ3n) is 4.49. The lowest BCUT2D eigenvalue weighted by Crippen LogP contribution is -3.14. The molecule has 3 nitrogen and oxygen atoms in total. The minimum Gasteiger partial charge on any atom is -0.491 e. The van der Waals surface area contributed by atoms with Crippen molar-refractivity contribution in [1.29, 1.82) is 0 Å². The van der Waals surface area contributed by atoms with E-state index >= 15 is 0 Å². The molecule has 1 heterocycles. The minimum absolute atomic E-state index is 0.377. The van der Waals surface area contributed by atoms with Crippen molar-refractivity contribution >= 4 is 0 Å². The molecule has 0 aromatic heterocycles. The first-order valence-electron chi connectivity index (χ1n) is 8.29. The van der Waals surface area contributed by atoms with Crippen LogP contribution in [0.15, 0.2) is 24.3 Å². The first-order chi connectivity index (χ1) is 10.0. The number of ether oxygens (including phenoxy) is 1. The second-order valence-electron chi connectivity index (χ2n) is 6.83. The summed E-state index contributed by atoms with van der Waals surface area (Å²) in [5.74, 6) is 2.23. The van der Waals surface area contributed by atoms with Crippen molar-refractivity contribution in [3.63, 3.8) is 0 Å². The fraction of sp³-hybridized carbons (Fsp3) is 0.667. The quantitative estimate of drug-likeness (QED) is 0.839. The zero-order valence-electron chi connectivity index (χ0n) is 13.6. The molecule has 1 atom stereocenters. The molecule has 1 fully saturated rings. The molecular weight excluding hydrogens is 262 g/mol. The molecule has 1 aliphatic heterocycles. The molecule has 1 aliphatic rings. The van der Waals surface area contributed by atoms with Crippen LogP contribution in [-0.2, 0) is 0 Å². The van der Waals surface area contributed by atoms with Crippen LogP contribution in [0.4, 0.5) is 0 Å². The van der Waals surface area contributed by atoms with Gasteiger partial charge in [0, 0.05) is 0 Å². The molecule has 1 aromatic carbocycles. The average molecular weight is 292 g/mol. The van der Waals surface area contributed by atoms with Crippen LogP contribution in [0.3, 0.4) is 0 Å². The van der Waals surface area contributed by atoms with Crippen LogP contribution in [0.25, 0.3) is 0 Å². The summed E-state index contributed by atoms with van der Waals surface area (Å²) in [5, 5.41) is 10.1. The molecule has 0 saturated carbocycles. The lowest BCUT2D eigenvalue weighted by atomic mass is 9.99. The van der Waals surface area contributed by atoms with E-state index in [2.05, 4.69) is 32.9 Å². The molecule has 1 saturated heterocycles. The number of rotatable bonds is 6. The number of nitrogens with one attached hydrogen (secondary N) is 1. The van der Waals surface area contributed by atoms with Crippen LogP contribution < -0.4 is 9.64 Å². The van der Waals surface area contributed by atoms with Gasteiger partial charge in [-0.25, -0.2) is 0 Å². The molecule has 0 aliphatic carbocycles. The van der Waals surface area contributed by atoms with Crippen LogP contribution in [0.2, 0.25) is 0 Å². The van der Waals surface area contributed by atoms with Gasteiger partial charge in [-0.3, -0.25) is 0 Å². The van der Waals surface area contributed by atoms with E-state index in [4.69, 9.17) is 4.74 Å². The van der Waals surface area contributed by atoms with Crippen molar-refractivity contribution in [3.8, 4) is 5.75 Å². The fourth-order valence-corrected chi connectivity index (χ4v) is 2.91. The monoisotopic (exact) mass is 292 g/mol. The van der Waals surface area contributed by atoms with E-state index in [1.165, 1.54) is 36.4 Å². The van der Waals surface area contributed by atoms with E-state index in [1.807, 2.05) is 12.1 Å².